The highest BCUT2D eigenvalue weighted by molar-refractivity contribution is 9.10. The second kappa shape index (κ2) is 4.83. The molecule has 0 fully saturated rings. The Kier molecular flexibility index (Phi) is 3.14. The molecule has 3 aromatic rings. The van der Waals surface area contributed by atoms with Crippen LogP contribution in [0.3, 0.4) is 0 Å². The van der Waals surface area contributed by atoms with Gasteiger partial charge in [-0.15, -0.1) is 0 Å². The molecular weight excluding hydrogens is 316 g/mol. The van der Waals surface area contributed by atoms with E-state index in [4.69, 9.17) is 5.73 Å². The molecule has 3 rings (SSSR count). The van der Waals surface area contributed by atoms with Gasteiger partial charge in [-0.2, -0.15) is 0 Å². The van der Waals surface area contributed by atoms with Crippen molar-refractivity contribution in [2.45, 2.75) is 0 Å². The maximum Gasteiger partial charge on any atom is 0.206 e. The first-order valence-corrected chi connectivity index (χ1v) is 7.07. The predicted octanol–water partition coefficient (Wildman–Crippen LogP) is 3.44. The highest BCUT2D eigenvalue weighted by Crippen LogP contribution is 2.30. The lowest BCUT2D eigenvalue weighted by molar-refractivity contribution is 1.06. The second-order valence-corrected chi connectivity index (χ2v) is 5.74. The van der Waals surface area contributed by atoms with Crippen LogP contribution in [0.1, 0.15) is 0 Å². The molecule has 0 aliphatic rings. The Bertz CT molecular complexity index is 777. The molecule has 1 aromatic heterocycles. The summed E-state index contributed by atoms with van der Waals surface area (Å²) in [5, 5.41) is 0. The topological polar surface area (TPSA) is 47.1 Å². The normalized spacial score (nSPS) is 10.9. The number of rotatable bonds is 2. The van der Waals surface area contributed by atoms with E-state index in [1.807, 2.05) is 49.0 Å². The lowest BCUT2D eigenvalue weighted by atomic mass is 10.2. The summed E-state index contributed by atoms with van der Waals surface area (Å²) in [7, 11) is 4.04. The molecule has 0 saturated heterocycles. The number of benzene rings is 2. The number of anilines is 2. The average Bonchev–Trinajstić information content (AvgIpc) is 2.73. The Morgan fingerprint density at radius 1 is 1.15 bits per heavy atom. The van der Waals surface area contributed by atoms with Gasteiger partial charge in [-0.3, -0.25) is 4.57 Å². The number of hydrogen-bond acceptors (Lipinski definition) is 3. The van der Waals surface area contributed by atoms with E-state index in [1.165, 1.54) is 0 Å². The molecule has 4 nitrogen and oxygen atoms in total. The summed E-state index contributed by atoms with van der Waals surface area (Å²) < 4.78 is 2.98. The van der Waals surface area contributed by atoms with Crippen LogP contribution in [0.2, 0.25) is 0 Å². The van der Waals surface area contributed by atoms with E-state index in [0.717, 1.165) is 26.9 Å². The molecule has 20 heavy (non-hydrogen) atoms. The number of hydrogen-bond donors (Lipinski definition) is 1. The molecule has 0 radical (unpaired) electrons. The quantitative estimate of drug-likeness (QED) is 0.782. The molecule has 0 amide bonds. The van der Waals surface area contributed by atoms with E-state index in [9.17, 15) is 0 Å². The van der Waals surface area contributed by atoms with Crippen molar-refractivity contribution in [3.8, 4) is 5.69 Å². The summed E-state index contributed by atoms with van der Waals surface area (Å²) in [5.74, 6) is 0.493. The first-order valence-electron chi connectivity index (χ1n) is 6.28. The Morgan fingerprint density at radius 3 is 2.65 bits per heavy atom. The van der Waals surface area contributed by atoms with E-state index in [-0.39, 0.29) is 0 Å². The van der Waals surface area contributed by atoms with Crippen LogP contribution in [0.25, 0.3) is 16.7 Å². The number of aromatic nitrogens is 2. The van der Waals surface area contributed by atoms with Crippen LogP contribution < -0.4 is 10.6 Å². The van der Waals surface area contributed by atoms with Gasteiger partial charge in [0.1, 0.15) is 0 Å². The molecule has 0 aliphatic carbocycles. The first kappa shape index (κ1) is 13.0. The third-order valence-corrected chi connectivity index (χ3v) is 3.74. The zero-order valence-corrected chi connectivity index (χ0v) is 12.9. The summed E-state index contributed by atoms with van der Waals surface area (Å²) in [4.78, 5) is 6.51. The largest absolute Gasteiger partial charge is 0.376 e. The zero-order valence-electron chi connectivity index (χ0n) is 11.3. The molecule has 2 aromatic carbocycles. The molecule has 5 heteroatoms. The molecule has 0 spiro atoms. The molecule has 1 heterocycles. The van der Waals surface area contributed by atoms with Gasteiger partial charge < -0.3 is 10.6 Å². The third kappa shape index (κ3) is 2.04. The highest BCUT2D eigenvalue weighted by Gasteiger charge is 2.13. The van der Waals surface area contributed by atoms with Crippen molar-refractivity contribution < 1.29 is 0 Å². The Labute approximate surface area is 126 Å². The predicted molar refractivity (Wildman–Crippen MR) is 87.5 cm³/mol. The van der Waals surface area contributed by atoms with Crippen LogP contribution >= 0.6 is 15.9 Å². The lowest BCUT2D eigenvalue weighted by Gasteiger charge is -2.18. The molecule has 2 N–H and O–H groups in total. The van der Waals surface area contributed by atoms with Crippen LogP contribution in [-0.4, -0.2) is 23.6 Å². The van der Waals surface area contributed by atoms with E-state index < -0.39 is 0 Å². The number of para-hydroxylation sites is 2. The van der Waals surface area contributed by atoms with Crippen molar-refractivity contribution in [3.63, 3.8) is 0 Å². The molecule has 0 unspecified atom stereocenters. The van der Waals surface area contributed by atoms with Crippen molar-refractivity contribution in [2.24, 2.45) is 0 Å². The number of halogens is 1. The van der Waals surface area contributed by atoms with E-state index in [2.05, 4.69) is 37.9 Å². The van der Waals surface area contributed by atoms with Gasteiger partial charge in [-0.1, -0.05) is 28.1 Å². The van der Waals surface area contributed by atoms with E-state index >= 15 is 0 Å². The lowest BCUT2D eigenvalue weighted by Crippen LogP contribution is -2.13. The standard InChI is InChI=1S/C15H15BrN4/c1-19(2)13-5-3-4-6-14(13)20-12-8-7-10(16)9-11(12)18-15(20)17/h3-9H,1-2H3,(H2,17,18). The second-order valence-electron chi connectivity index (χ2n) is 4.82. The van der Waals surface area contributed by atoms with Gasteiger partial charge in [0.15, 0.2) is 0 Å². The molecular formula is C15H15BrN4. The Morgan fingerprint density at radius 2 is 1.90 bits per heavy atom. The maximum absolute atomic E-state index is 6.12. The van der Waals surface area contributed by atoms with Crippen molar-refractivity contribution in [2.75, 3.05) is 24.7 Å². The minimum absolute atomic E-state index is 0.493. The highest BCUT2D eigenvalue weighted by atomic mass is 79.9. The fourth-order valence-corrected chi connectivity index (χ4v) is 2.71. The Hall–Kier alpha value is -2.01. The number of nitrogens with two attached hydrogens (primary N) is 1. The fourth-order valence-electron chi connectivity index (χ4n) is 2.36. The summed E-state index contributed by atoms with van der Waals surface area (Å²) in [6.07, 6.45) is 0. The number of nitrogen functional groups attached to an aromatic ring is 1. The summed E-state index contributed by atoms with van der Waals surface area (Å²) >= 11 is 3.46. The van der Waals surface area contributed by atoms with Gasteiger partial charge in [0.05, 0.1) is 22.4 Å². The minimum atomic E-state index is 0.493. The zero-order chi connectivity index (χ0) is 14.3. The smallest absolute Gasteiger partial charge is 0.206 e. The fraction of sp³-hybridized carbons (Fsp3) is 0.133. The van der Waals surface area contributed by atoms with Crippen molar-refractivity contribution in [3.05, 3.63) is 46.9 Å². The van der Waals surface area contributed by atoms with Crippen molar-refractivity contribution in [1.29, 1.82) is 0 Å². The molecule has 102 valence electrons. The van der Waals surface area contributed by atoms with E-state index in [1.54, 1.807) is 0 Å². The van der Waals surface area contributed by atoms with Gasteiger partial charge in [0.2, 0.25) is 5.95 Å². The van der Waals surface area contributed by atoms with Crippen LogP contribution in [-0.2, 0) is 0 Å². The molecule has 0 bridgehead atoms. The van der Waals surface area contributed by atoms with E-state index in [0.29, 0.717) is 5.95 Å². The Balaban J connectivity index is 2.33. The minimum Gasteiger partial charge on any atom is -0.376 e. The van der Waals surface area contributed by atoms with Crippen LogP contribution in [0.4, 0.5) is 11.6 Å². The van der Waals surface area contributed by atoms with Crippen molar-refractivity contribution in [1.82, 2.24) is 9.55 Å². The monoisotopic (exact) mass is 330 g/mol. The SMILES string of the molecule is CN(C)c1ccccc1-n1c(N)nc2cc(Br)ccc21. The van der Waals surface area contributed by atoms with Crippen LogP contribution in [0.15, 0.2) is 46.9 Å². The summed E-state index contributed by atoms with van der Waals surface area (Å²) in [6, 6.07) is 14.1. The number of nitrogens with zero attached hydrogens (tertiary/aromatic N) is 3. The third-order valence-electron chi connectivity index (χ3n) is 3.25. The molecule has 0 aliphatic heterocycles. The van der Waals surface area contributed by atoms with Crippen LogP contribution in [0, 0.1) is 0 Å². The summed E-state index contributed by atoms with van der Waals surface area (Å²) in [5.41, 5.74) is 10.1. The molecule has 0 atom stereocenters. The van der Waals surface area contributed by atoms with Crippen molar-refractivity contribution >= 4 is 38.6 Å². The van der Waals surface area contributed by atoms with Gasteiger partial charge in [0.25, 0.3) is 0 Å². The van der Waals surface area contributed by atoms with Gasteiger partial charge in [-0.25, -0.2) is 4.98 Å². The average molecular weight is 331 g/mol. The molecule has 0 saturated carbocycles. The van der Waals surface area contributed by atoms with Gasteiger partial charge in [-0.05, 0) is 30.3 Å². The summed E-state index contributed by atoms with van der Waals surface area (Å²) in [6.45, 7) is 0. The number of imidazole rings is 1. The van der Waals surface area contributed by atoms with Crippen LogP contribution in [0.5, 0.6) is 0 Å². The number of fused-ring (bicyclic) bond motifs is 1. The van der Waals surface area contributed by atoms with Gasteiger partial charge >= 0.3 is 0 Å². The maximum atomic E-state index is 6.12. The van der Waals surface area contributed by atoms with Gasteiger partial charge in [0, 0.05) is 18.6 Å². The first-order chi connectivity index (χ1) is 9.58.